The van der Waals surface area contributed by atoms with Gasteiger partial charge in [-0.25, -0.2) is 9.59 Å². The standard InChI is InChI=1S/C22H22O9/c1-10-6-13(23)19(21(25)30-10)18(20-14(24)7-11(2)31-22(20)26)12-8-16(28-4)17(29-5)9-15(12)27-3/h6-9,18,23-24H,1-5H3. The van der Waals surface area contributed by atoms with Gasteiger partial charge in [0.05, 0.1) is 38.4 Å². The molecule has 3 rings (SSSR count). The van der Waals surface area contributed by atoms with Crippen LogP contribution in [-0.2, 0) is 0 Å². The van der Waals surface area contributed by atoms with Gasteiger partial charge in [0, 0.05) is 23.8 Å². The summed E-state index contributed by atoms with van der Waals surface area (Å²) in [6, 6.07) is 5.47. The highest BCUT2D eigenvalue weighted by Gasteiger charge is 2.33. The molecule has 2 N–H and O–H groups in total. The van der Waals surface area contributed by atoms with Crippen LogP contribution in [0.3, 0.4) is 0 Å². The molecule has 0 radical (unpaired) electrons. The highest BCUT2D eigenvalue weighted by Crippen LogP contribution is 2.45. The minimum Gasteiger partial charge on any atom is -0.507 e. The van der Waals surface area contributed by atoms with Crippen molar-refractivity contribution in [1.82, 2.24) is 0 Å². The summed E-state index contributed by atoms with van der Waals surface area (Å²) in [4.78, 5) is 25.6. The van der Waals surface area contributed by atoms with E-state index in [1.165, 1.54) is 59.4 Å². The number of rotatable bonds is 6. The average molecular weight is 430 g/mol. The van der Waals surface area contributed by atoms with Crippen LogP contribution in [-0.4, -0.2) is 31.5 Å². The maximum atomic E-state index is 12.8. The number of aromatic hydroxyl groups is 2. The second-order valence-electron chi connectivity index (χ2n) is 6.77. The zero-order chi connectivity index (χ0) is 22.9. The molecule has 0 bridgehead atoms. The van der Waals surface area contributed by atoms with Crippen molar-refractivity contribution in [3.05, 3.63) is 73.3 Å². The Balaban J connectivity index is 2.48. The Labute approximate surface area is 177 Å². The van der Waals surface area contributed by atoms with E-state index in [-0.39, 0.29) is 39.7 Å². The summed E-state index contributed by atoms with van der Waals surface area (Å²) in [5, 5.41) is 21.2. The largest absolute Gasteiger partial charge is 0.507 e. The van der Waals surface area contributed by atoms with Crippen LogP contribution in [0.2, 0.25) is 0 Å². The Morgan fingerprint density at radius 1 is 0.710 bits per heavy atom. The van der Waals surface area contributed by atoms with E-state index in [0.717, 1.165) is 0 Å². The van der Waals surface area contributed by atoms with E-state index in [9.17, 15) is 19.8 Å². The van der Waals surface area contributed by atoms with Gasteiger partial charge in [0.25, 0.3) is 0 Å². The van der Waals surface area contributed by atoms with Gasteiger partial charge in [-0.2, -0.15) is 0 Å². The van der Waals surface area contributed by atoms with Gasteiger partial charge < -0.3 is 33.3 Å². The molecule has 0 aliphatic heterocycles. The monoisotopic (exact) mass is 430 g/mol. The zero-order valence-electron chi connectivity index (χ0n) is 17.6. The van der Waals surface area contributed by atoms with Crippen molar-refractivity contribution in [2.45, 2.75) is 19.8 Å². The Morgan fingerprint density at radius 2 is 1.13 bits per heavy atom. The summed E-state index contributed by atoms with van der Waals surface area (Å²) in [7, 11) is 4.24. The van der Waals surface area contributed by atoms with Gasteiger partial charge in [0.1, 0.15) is 28.8 Å². The van der Waals surface area contributed by atoms with Crippen LogP contribution in [0.5, 0.6) is 28.7 Å². The smallest absolute Gasteiger partial charge is 0.343 e. The molecule has 2 aromatic heterocycles. The second kappa shape index (κ2) is 8.47. The third-order valence-electron chi connectivity index (χ3n) is 4.80. The van der Waals surface area contributed by atoms with Crippen LogP contribution < -0.4 is 25.5 Å². The molecule has 0 amide bonds. The minimum absolute atomic E-state index is 0.171. The molecule has 1 aromatic carbocycles. The summed E-state index contributed by atoms with van der Waals surface area (Å²) < 4.78 is 26.4. The average Bonchev–Trinajstić information content (AvgIpc) is 2.70. The molecular formula is C22H22O9. The van der Waals surface area contributed by atoms with Gasteiger partial charge in [0.2, 0.25) is 0 Å². The van der Waals surface area contributed by atoms with Crippen molar-refractivity contribution in [3.63, 3.8) is 0 Å². The van der Waals surface area contributed by atoms with E-state index in [1.54, 1.807) is 0 Å². The van der Waals surface area contributed by atoms with Crippen LogP contribution in [0.25, 0.3) is 0 Å². The first-order valence-corrected chi connectivity index (χ1v) is 9.18. The Hall–Kier alpha value is -3.88. The molecule has 9 nitrogen and oxygen atoms in total. The van der Waals surface area contributed by atoms with Crippen LogP contribution in [0.15, 0.2) is 42.7 Å². The molecule has 0 saturated heterocycles. The SMILES string of the molecule is COc1cc(OC)c(C(c2c(O)cc(C)oc2=O)c2c(O)cc(C)oc2=O)cc1OC. The molecule has 9 heteroatoms. The van der Waals surface area contributed by atoms with Crippen molar-refractivity contribution in [2.24, 2.45) is 0 Å². The summed E-state index contributed by atoms with van der Waals surface area (Å²) in [5.74, 6) is -0.985. The highest BCUT2D eigenvalue weighted by molar-refractivity contribution is 5.59. The summed E-state index contributed by atoms with van der Waals surface area (Å²) in [6.07, 6.45) is 0. The lowest BCUT2D eigenvalue weighted by atomic mass is 9.84. The normalized spacial score (nSPS) is 10.9. The molecule has 2 heterocycles. The molecule has 3 aromatic rings. The van der Waals surface area contributed by atoms with Crippen molar-refractivity contribution in [1.29, 1.82) is 0 Å². The molecule has 0 atom stereocenters. The number of benzene rings is 1. The quantitative estimate of drug-likeness (QED) is 0.606. The van der Waals surface area contributed by atoms with Gasteiger partial charge in [-0.05, 0) is 19.9 Å². The van der Waals surface area contributed by atoms with Gasteiger partial charge in [-0.1, -0.05) is 0 Å². The second-order valence-corrected chi connectivity index (χ2v) is 6.77. The number of methoxy groups -OCH3 is 3. The fourth-order valence-corrected chi connectivity index (χ4v) is 3.48. The van der Waals surface area contributed by atoms with Crippen molar-refractivity contribution in [2.75, 3.05) is 21.3 Å². The first kappa shape index (κ1) is 21.8. The summed E-state index contributed by atoms with van der Waals surface area (Å²) >= 11 is 0. The van der Waals surface area contributed by atoms with Gasteiger partial charge in [-0.15, -0.1) is 0 Å². The lowest BCUT2D eigenvalue weighted by molar-refractivity contribution is 0.346. The fourth-order valence-electron chi connectivity index (χ4n) is 3.48. The molecule has 0 saturated carbocycles. The highest BCUT2D eigenvalue weighted by atomic mass is 16.5. The molecular weight excluding hydrogens is 408 g/mol. The Kier molecular flexibility index (Phi) is 5.96. The molecule has 0 aliphatic carbocycles. The topological polar surface area (TPSA) is 129 Å². The third kappa shape index (κ3) is 3.94. The van der Waals surface area contributed by atoms with Crippen LogP contribution >= 0.6 is 0 Å². The molecule has 0 spiro atoms. The van der Waals surface area contributed by atoms with E-state index in [4.69, 9.17) is 23.0 Å². The summed E-state index contributed by atoms with van der Waals surface area (Å²) in [5.41, 5.74) is -2.10. The van der Waals surface area contributed by atoms with Gasteiger partial charge >= 0.3 is 11.3 Å². The number of aryl methyl sites for hydroxylation is 2. The molecule has 0 aliphatic rings. The Bertz CT molecular complexity index is 1170. The maximum absolute atomic E-state index is 12.8. The van der Waals surface area contributed by atoms with Gasteiger partial charge in [0.15, 0.2) is 11.5 Å². The van der Waals surface area contributed by atoms with E-state index in [0.29, 0.717) is 5.75 Å². The predicted molar refractivity (Wildman–Crippen MR) is 110 cm³/mol. The van der Waals surface area contributed by atoms with E-state index in [2.05, 4.69) is 0 Å². The first-order chi connectivity index (χ1) is 14.7. The number of ether oxygens (including phenoxy) is 3. The Morgan fingerprint density at radius 3 is 1.52 bits per heavy atom. The molecule has 0 fully saturated rings. The maximum Gasteiger partial charge on any atom is 0.343 e. The van der Waals surface area contributed by atoms with E-state index in [1.807, 2.05) is 0 Å². The van der Waals surface area contributed by atoms with E-state index >= 15 is 0 Å². The van der Waals surface area contributed by atoms with Crippen molar-refractivity contribution in [3.8, 4) is 28.7 Å². The molecule has 0 unspecified atom stereocenters. The fraction of sp³-hybridized carbons (Fsp3) is 0.273. The number of hydrogen-bond acceptors (Lipinski definition) is 9. The summed E-state index contributed by atoms with van der Waals surface area (Å²) in [6.45, 7) is 2.99. The third-order valence-corrected chi connectivity index (χ3v) is 4.80. The van der Waals surface area contributed by atoms with Crippen LogP contribution in [0.1, 0.15) is 34.1 Å². The number of hydrogen-bond donors (Lipinski definition) is 2. The van der Waals surface area contributed by atoms with Crippen LogP contribution in [0, 0.1) is 13.8 Å². The molecule has 164 valence electrons. The lowest BCUT2D eigenvalue weighted by Gasteiger charge is -2.22. The van der Waals surface area contributed by atoms with Gasteiger partial charge in [-0.3, -0.25) is 0 Å². The van der Waals surface area contributed by atoms with E-state index < -0.39 is 28.7 Å². The molecule has 31 heavy (non-hydrogen) atoms. The van der Waals surface area contributed by atoms with Crippen LogP contribution in [0.4, 0.5) is 0 Å². The predicted octanol–water partition coefficient (Wildman–Crippen LogP) is 2.83. The lowest BCUT2D eigenvalue weighted by Crippen LogP contribution is -2.22. The zero-order valence-corrected chi connectivity index (χ0v) is 17.6. The minimum atomic E-state index is -1.30. The van der Waals surface area contributed by atoms with Crippen molar-refractivity contribution < 1.29 is 33.3 Å². The van der Waals surface area contributed by atoms with Crippen molar-refractivity contribution >= 4 is 0 Å². The first-order valence-electron chi connectivity index (χ1n) is 9.18.